The van der Waals surface area contributed by atoms with Gasteiger partial charge < -0.3 is 4.74 Å². The number of alkyl halides is 3. The molecule has 0 aromatic heterocycles. The first-order valence-corrected chi connectivity index (χ1v) is 7.83. The Balaban J connectivity index is 2.29. The normalized spacial score (nSPS) is 22.2. The zero-order chi connectivity index (χ0) is 19.1. The highest BCUT2D eigenvalue weighted by Gasteiger charge is 2.65. The summed E-state index contributed by atoms with van der Waals surface area (Å²) in [6.45, 7) is 1.60. The van der Waals surface area contributed by atoms with Crippen molar-refractivity contribution in [2.45, 2.75) is 18.8 Å². The van der Waals surface area contributed by atoms with Crippen LogP contribution in [0.3, 0.4) is 0 Å². The van der Waals surface area contributed by atoms with Gasteiger partial charge in [-0.05, 0) is 42.8 Å². The van der Waals surface area contributed by atoms with Crippen LogP contribution < -0.4 is 0 Å². The van der Waals surface area contributed by atoms with E-state index in [1.165, 1.54) is 35.4 Å². The molecule has 0 spiro atoms. The van der Waals surface area contributed by atoms with Crippen LogP contribution in [0.1, 0.15) is 12.5 Å². The lowest BCUT2D eigenvalue weighted by atomic mass is 10.0. The molecule has 0 saturated heterocycles. The fourth-order valence-corrected chi connectivity index (χ4v) is 2.71. The SMILES string of the molecule is COC(=O)C1(C(F)(F)F)N=C2C(C)=CC=CN2C(c2ccc(Cl)cc2)=N1. The Morgan fingerprint density at radius 3 is 2.38 bits per heavy atom. The van der Waals surface area contributed by atoms with E-state index in [-0.39, 0.29) is 11.7 Å². The predicted molar refractivity (Wildman–Crippen MR) is 91.0 cm³/mol. The molecular formula is C17H13ClF3N3O2. The topological polar surface area (TPSA) is 54.3 Å². The molecule has 1 atom stereocenters. The van der Waals surface area contributed by atoms with Crippen molar-refractivity contribution in [3.63, 3.8) is 0 Å². The number of allylic oxidation sites excluding steroid dienone is 2. The second-order valence-corrected chi connectivity index (χ2v) is 6.04. The van der Waals surface area contributed by atoms with Crippen LogP contribution in [0.5, 0.6) is 0 Å². The molecule has 3 rings (SSSR count). The summed E-state index contributed by atoms with van der Waals surface area (Å²) in [7, 11) is 0.864. The lowest BCUT2D eigenvalue weighted by molar-refractivity contribution is -0.202. The van der Waals surface area contributed by atoms with Gasteiger partial charge in [0.15, 0.2) is 0 Å². The molecule has 2 aliphatic rings. The van der Waals surface area contributed by atoms with E-state index in [9.17, 15) is 18.0 Å². The number of aliphatic imine (C=N–C) groups is 2. The highest BCUT2D eigenvalue weighted by Crippen LogP contribution is 2.40. The summed E-state index contributed by atoms with van der Waals surface area (Å²) >= 11 is 5.86. The van der Waals surface area contributed by atoms with E-state index in [4.69, 9.17) is 11.6 Å². The summed E-state index contributed by atoms with van der Waals surface area (Å²) in [5.74, 6) is -1.72. The van der Waals surface area contributed by atoms with E-state index in [0.29, 0.717) is 16.2 Å². The van der Waals surface area contributed by atoms with Crippen LogP contribution in [-0.2, 0) is 9.53 Å². The lowest BCUT2D eigenvalue weighted by Gasteiger charge is -2.37. The molecule has 0 fully saturated rings. The number of fused-ring (bicyclic) bond motifs is 1. The number of rotatable bonds is 2. The van der Waals surface area contributed by atoms with Gasteiger partial charge in [0.25, 0.3) is 0 Å². The number of carbonyl (C=O) groups is 1. The van der Waals surface area contributed by atoms with Crippen molar-refractivity contribution >= 4 is 29.2 Å². The van der Waals surface area contributed by atoms with Gasteiger partial charge in [-0.25, -0.2) is 14.8 Å². The number of amidine groups is 2. The smallest absolute Gasteiger partial charge is 0.445 e. The number of halogens is 4. The minimum atomic E-state index is -5.09. The number of carbonyl (C=O) groups excluding carboxylic acids is 1. The predicted octanol–water partition coefficient (Wildman–Crippen LogP) is 3.71. The molecule has 1 aromatic rings. The van der Waals surface area contributed by atoms with Gasteiger partial charge in [-0.1, -0.05) is 17.7 Å². The van der Waals surface area contributed by atoms with E-state index < -0.39 is 17.8 Å². The third kappa shape index (κ3) is 2.80. The van der Waals surface area contributed by atoms with Gasteiger partial charge in [-0.15, -0.1) is 0 Å². The van der Waals surface area contributed by atoms with E-state index in [1.54, 1.807) is 19.1 Å². The average Bonchev–Trinajstić information content (AvgIpc) is 2.60. The molecule has 2 aliphatic heterocycles. The Hall–Kier alpha value is -2.61. The zero-order valence-corrected chi connectivity index (χ0v) is 14.5. The Morgan fingerprint density at radius 1 is 1.19 bits per heavy atom. The monoisotopic (exact) mass is 383 g/mol. The summed E-state index contributed by atoms with van der Waals surface area (Å²) in [4.78, 5) is 20.9. The summed E-state index contributed by atoms with van der Waals surface area (Å²) in [6, 6.07) is 6.08. The standard InChI is InChI=1S/C17H13ClF3N3O2/c1-10-4-3-9-24-13(10)22-16(15(25)26-2,17(19,20)21)23-14(24)11-5-7-12(18)8-6-11/h3-9H,1-2H3. The first kappa shape index (κ1) is 18.2. The van der Waals surface area contributed by atoms with Crippen LogP contribution in [-0.4, -0.2) is 41.5 Å². The highest BCUT2D eigenvalue weighted by molar-refractivity contribution is 6.30. The minimum absolute atomic E-state index is 0.0322. The maximum Gasteiger partial charge on any atom is 0.445 e. The van der Waals surface area contributed by atoms with E-state index >= 15 is 0 Å². The van der Waals surface area contributed by atoms with Crippen molar-refractivity contribution in [2.24, 2.45) is 9.98 Å². The molecule has 0 aliphatic carbocycles. The van der Waals surface area contributed by atoms with Crippen molar-refractivity contribution in [1.29, 1.82) is 0 Å². The van der Waals surface area contributed by atoms with Gasteiger partial charge >= 0.3 is 17.8 Å². The minimum Gasteiger partial charge on any atom is -0.465 e. The Bertz CT molecular complexity index is 872. The fraction of sp³-hybridized carbons (Fsp3) is 0.235. The molecule has 0 bridgehead atoms. The second-order valence-electron chi connectivity index (χ2n) is 5.60. The van der Waals surface area contributed by atoms with Crippen LogP contribution >= 0.6 is 11.6 Å². The van der Waals surface area contributed by atoms with Crippen LogP contribution in [0.15, 0.2) is 58.2 Å². The maximum absolute atomic E-state index is 13.9. The molecular weight excluding hydrogens is 371 g/mol. The van der Waals surface area contributed by atoms with Crippen LogP contribution in [0.4, 0.5) is 13.2 Å². The molecule has 9 heteroatoms. The summed E-state index contributed by atoms with van der Waals surface area (Å²) in [6.07, 6.45) is -0.313. The third-order valence-corrected chi connectivity index (χ3v) is 4.15. The summed E-state index contributed by atoms with van der Waals surface area (Å²) in [5.41, 5.74) is -2.58. The lowest BCUT2D eigenvalue weighted by Crippen LogP contribution is -2.56. The Labute approximate surface area is 152 Å². The summed E-state index contributed by atoms with van der Waals surface area (Å²) in [5, 5.41) is 0.416. The molecule has 2 heterocycles. The number of hydrogen-bond donors (Lipinski definition) is 0. The maximum atomic E-state index is 13.9. The molecule has 1 aromatic carbocycles. The number of esters is 1. The van der Waals surface area contributed by atoms with E-state index in [1.807, 2.05) is 0 Å². The number of nitrogens with zero attached hydrogens (tertiary/aromatic N) is 3. The van der Waals surface area contributed by atoms with Crippen molar-refractivity contribution < 1.29 is 22.7 Å². The zero-order valence-electron chi connectivity index (χ0n) is 13.7. The van der Waals surface area contributed by atoms with Crippen LogP contribution in [0, 0.1) is 0 Å². The molecule has 0 saturated carbocycles. The van der Waals surface area contributed by atoms with Crippen LogP contribution in [0.2, 0.25) is 5.02 Å². The van der Waals surface area contributed by atoms with Gasteiger partial charge in [0.05, 0.1) is 7.11 Å². The van der Waals surface area contributed by atoms with Gasteiger partial charge in [0, 0.05) is 16.8 Å². The highest BCUT2D eigenvalue weighted by atomic mass is 35.5. The molecule has 26 heavy (non-hydrogen) atoms. The van der Waals surface area contributed by atoms with Crippen molar-refractivity contribution in [3.8, 4) is 0 Å². The third-order valence-electron chi connectivity index (χ3n) is 3.89. The molecule has 1 unspecified atom stereocenters. The van der Waals surface area contributed by atoms with Crippen molar-refractivity contribution in [3.05, 3.63) is 58.8 Å². The van der Waals surface area contributed by atoms with Crippen molar-refractivity contribution in [1.82, 2.24) is 4.90 Å². The van der Waals surface area contributed by atoms with E-state index in [2.05, 4.69) is 14.7 Å². The quantitative estimate of drug-likeness (QED) is 0.732. The molecule has 0 amide bonds. The van der Waals surface area contributed by atoms with Crippen LogP contribution in [0.25, 0.3) is 0 Å². The van der Waals surface area contributed by atoms with E-state index in [0.717, 1.165) is 7.11 Å². The van der Waals surface area contributed by atoms with Gasteiger partial charge in [0.2, 0.25) is 0 Å². The van der Waals surface area contributed by atoms with Gasteiger partial charge in [-0.3, -0.25) is 4.90 Å². The number of ether oxygens (including phenoxy) is 1. The Kier molecular flexibility index (Phi) is 4.39. The largest absolute Gasteiger partial charge is 0.465 e. The second kappa shape index (κ2) is 6.28. The average molecular weight is 384 g/mol. The first-order valence-electron chi connectivity index (χ1n) is 7.45. The summed E-state index contributed by atoms with van der Waals surface area (Å²) < 4.78 is 46.0. The molecule has 5 nitrogen and oxygen atoms in total. The van der Waals surface area contributed by atoms with Crippen molar-refractivity contribution in [2.75, 3.05) is 7.11 Å². The fourth-order valence-electron chi connectivity index (χ4n) is 2.59. The molecule has 136 valence electrons. The first-order chi connectivity index (χ1) is 12.2. The molecule has 0 radical (unpaired) electrons. The number of benzene rings is 1. The number of hydrogen-bond acceptors (Lipinski definition) is 5. The number of methoxy groups -OCH3 is 1. The van der Waals surface area contributed by atoms with Gasteiger partial charge in [0.1, 0.15) is 11.7 Å². The van der Waals surface area contributed by atoms with Gasteiger partial charge in [-0.2, -0.15) is 13.2 Å². The molecule has 0 N–H and O–H groups in total. The Morgan fingerprint density at radius 2 is 1.81 bits per heavy atom.